The van der Waals surface area contributed by atoms with Crippen molar-refractivity contribution < 1.29 is 27.5 Å². The Bertz CT molecular complexity index is 1210. The van der Waals surface area contributed by atoms with Gasteiger partial charge in [0.25, 0.3) is 10.0 Å². The van der Waals surface area contributed by atoms with Crippen LogP contribution in [-0.4, -0.2) is 72.6 Å². The van der Waals surface area contributed by atoms with Crippen molar-refractivity contribution >= 4 is 39.3 Å². The Kier molecular flexibility index (Phi) is 6.65. The van der Waals surface area contributed by atoms with Crippen molar-refractivity contribution in [3.63, 3.8) is 0 Å². The van der Waals surface area contributed by atoms with Gasteiger partial charge in [-0.05, 0) is 58.1 Å². The standard InChI is InChI=1S/C25H34N4O6S/c1-16(2)10-13-29-22(31)19(21-26-17-8-6-7-9-18(17)36(33,34)27-21)20(30)25(29)11-14-28(15-12-25)23(32)35-24(3,4)5/h6-9,16,19H,10-15H2,1-5H3,(H,26,27). The van der Waals surface area contributed by atoms with Gasteiger partial charge in [-0.25, -0.2) is 4.79 Å². The van der Waals surface area contributed by atoms with Gasteiger partial charge in [0.15, 0.2) is 11.7 Å². The second-order valence-corrected chi connectivity index (χ2v) is 12.6. The lowest BCUT2D eigenvalue weighted by molar-refractivity contribution is -0.135. The van der Waals surface area contributed by atoms with E-state index in [4.69, 9.17) is 4.74 Å². The van der Waals surface area contributed by atoms with Crippen LogP contribution in [0.5, 0.6) is 0 Å². The maximum absolute atomic E-state index is 14.0. The first-order chi connectivity index (χ1) is 16.7. The molecule has 0 aliphatic carbocycles. The molecule has 0 aromatic heterocycles. The molecule has 1 atom stereocenters. The molecule has 4 rings (SSSR count). The van der Waals surface area contributed by atoms with E-state index < -0.39 is 39.1 Å². The van der Waals surface area contributed by atoms with Gasteiger partial charge in [-0.15, -0.1) is 4.40 Å². The van der Waals surface area contributed by atoms with Gasteiger partial charge in [-0.2, -0.15) is 8.42 Å². The number of anilines is 1. The van der Waals surface area contributed by atoms with Crippen molar-refractivity contribution in [2.45, 2.75) is 69.9 Å². The second-order valence-electron chi connectivity index (χ2n) is 11.0. The van der Waals surface area contributed by atoms with Gasteiger partial charge in [0.05, 0.1) is 5.69 Å². The zero-order chi connectivity index (χ0) is 26.5. The lowest BCUT2D eigenvalue weighted by Gasteiger charge is -2.43. The number of likely N-dealkylation sites (tertiary alicyclic amines) is 2. The number of fused-ring (bicyclic) bond motifs is 1. The lowest BCUT2D eigenvalue weighted by atomic mass is 9.81. The number of amides is 2. The highest BCUT2D eigenvalue weighted by Crippen LogP contribution is 2.42. The molecule has 0 radical (unpaired) electrons. The highest BCUT2D eigenvalue weighted by Gasteiger charge is 2.61. The van der Waals surface area contributed by atoms with Crippen LogP contribution in [-0.2, 0) is 24.3 Å². The van der Waals surface area contributed by atoms with Gasteiger partial charge in [0.1, 0.15) is 21.9 Å². The molecule has 1 unspecified atom stereocenters. The molecule has 3 aliphatic heterocycles. The van der Waals surface area contributed by atoms with E-state index in [-0.39, 0.29) is 48.1 Å². The molecular weight excluding hydrogens is 484 g/mol. The average Bonchev–Trinajstić information content (AvgIpc) is 2.97. The molecule has 36 heavy (non-hydrogen) atoms. The van der Waals surface area contributed by atoms with Crippen LogP contribution in [0.1, 0.15) is 53.9 Å². The van der Waals surface area contributed by atoms with Crippen molar-refractivity contribution in [1.29, 1.82) is 0 Å². The fourth-order valence-corrected chi connectivity index (χ4v) is 6.15. The summed E-state index contributed by atoms with van der Waals surface area (Å²) in [6.07, 6.45) is 0.731. The number of nitrogens with one attached hydrogen (secondary N) is 1. The Morgan fingerprint density at radius 3 is 2.44 bits per heavy atom. The van der Waals surface area contributed by atoms with E-state index in [9.17, 15) is 22.8 Å². The zero-order valence-electron chi connectivity index (χ0n) is 21.4. The minimum absolute atomic E-state index is 0.00342. The molecule has 2 saturated heterocycles. The number of hydrogen-bond donors (Lipinski definition) is 1. The highest BCUT2D eigenvalue weighted by atomic mass is 32.2. The Balaban J connectivity index is 1.65. The Morgan fingerprint density at radius 2 is 1.83 bits per heavy atom. The summed E-state index contributed by atoms with van der Waals surface area (Å²) in [4.78, 5) is 43.4. The number of sulfonamides is 1. The molecule has 1 N–H and O–H groups in total. The molecule has 1 aromatic rings. The summed E-state index contributed by atoms with van der Waals surface area (Å²) in [5.74, 6) is -2.03. The van der Waals surface area contributed by atoms with Gasteiger partial charge < -0.3 is 19.9 Å². The number of amidine groups is 1. The maximum Gasteiger partial charge on any atom is 0.410 e. The largest absolute Gasteiger partial charge is 0.444 e. The smallest absolute Gasteiger partial charge is 0.410 e. The molecule has 196 valence electrons. The van der Waals surface area contributed by atoms with E-state index in [0.29, 0.717) is 18.9 Å². The van der Waals surface area contributed by atoms with E-state index in [2.05, 4.69) is 9.71 Å². The number of benzene rings is 1. The third-order valence-electron chi connectivity index (χ3n) is 6.84. The molecule has 3 aliphatic rings. The Labute approximate surface area is 212 Å². The number of ether oxygens (including phenoxy) is 1. The fraction of sp³-hybridized carbons (Fsp3) is 0.600. The van der Waals surface area contributed by atoms with Crippen molar-refractivity contribution in [2.75, 3.05) is 25.0 Å². The topological polar surface area (TPSA) is 125 Å². The van der Waals surface area contributed by atoms with E-state index in [1.165, 1.54) is 6.07 Å². The molecule has 1 aromatic carbocycles. The minimum Gasteiger partial charge on any atom is -0.444 e. The normalized spacial score (nSPS) is 22.9. The number of carbonyl (C=O) groups is 3. The number of piperidine rings is 1. The number of nitrogens with zero attached hydrogens (tertiary/aromatic N) is 3. The first-order valence-electron chi connectivity index (χ1n) is 12.3. The lowest BCUT2D eigenvalue weighted by Crippen LogP contribution is -2.58. The van der Waals surface area contributed by atoms with Crippen molar-refractivity contribution in [3.05, 3.63) is 24.3 Å². The van der Waals surface area contributed by atoms with E-state index in [0.717, 1.165) is 0 Å². The summed E-state index contributed by atoms with van der Waals surface area (Å²) < 4.78 is 35.0. The molecule has 1 spiro atoms. The van der Waals surface area contributed by atoms with E-state index >= 15 is 0 Å². The average molecular weight is 519 g/mol. The van der Waals surface area contributed by atoms with Crippen LogP contribution in [0, 0.1) is 11.8 Å². The SMILES string of the molecule is CC(C)CCN1C(=O)C(C2=NS(=O)(=O)c3ccccc3N2)C(=O)C12CCN(C(=O)OC(C)(C)C)CC2. The van der Waals surface area contributed by atoms with Gasteiger partial charge in [-0.3, -0.25) is 9.59 Å². The molecule has 0 saturated carbocycles. The number of ketones is 1. The minimum atomic E-state index is -4.07. The molecule has 10 nitrogen and oxygen atoms in total. The summed E-state index contributed by atoms with van der Waals surface area (Å²) in [6.45, 7) is 10.3. The van der Waals surface area contributed by atoms with Gasteiger partial charge in [-0.1, -0.05) is 26.0 Å². The third kappa shape index (κ3) is 4.72. The van der Waals surface area contributed by atoms with Crippen LogP contribution in [0.2, 0.25) is 0 Å². The maximum atomic E-state index is 14.0. The molecule has 2 amide bonds. The summed E-state index contributed by atoms with van der Waals surface area (Å²) in [7, 11) is -4.07. The third-order valence-corrected chi connectivity index (χ3v) is 8.19. The summed E-state index contributed by atoms with van der Waals surface area (Å²) in [5.41, 5.74) is -1.48. The zero-order valence-corrected chi connectivity index (χ0v) is 22.2. The quantitative estimate of drug-likeness (QED) is 0.607. The summed E-state index contributed by atoms with van der Waals surface area (Å²) >= 11 is 0. The monoisotopic (exact) mass is 518 g/mol. The van der Waals surface area contributed by atoms with Crippen molar-refractivity contribution in [1.82, 2.24) is 9.80 Å². The Morgan fingerprint density at radius 1 is 1.19 bits per heavy atom. The van der Waals surface area contributed by atoms with Gasteiger partial charge in [0.2, 0.25) is 5.91 Å². The second kappa shape index (κ2) is 9.17. The van der Waals surface area contributed by atoms with Gasteiger partial charge in [0, 0.05) is 19.6 Å². The first-order valence-corrected chi connectivity index (χ1v) is 13.7. The molecule has 2 fully saturated rings. The summed E-state index contributed by atoms with van der Waals surface area (Å²) in [5, 5.41) is 2.93. The predicted octanol–water partition coefficient (Wildman–Crippen LogP) is 3.04. The molecular formula is C25H34N4O6S. The van der Waals surface area contributed by atoms with E-state index in [1.807, 2.05) is 13.8 Å². The number of carbonyl (C=O) groups excluding carboxylic acids is 3. The molecule has 0 bridgehead atoms. The van der Waals surface area contributed by atoms with Crippen LogP contribution in [0.15, 0.2) is 33.6 Å². The summed E-state index contributed by atoms with van der Waals surface area (Å²) in [6, 6.07) is 6.27. The number of para-hydroxylation sites is 1. The van der Waals surface area contributed by atoms with Crippen LogP contribution < -0.4 is 5.32 Å². The number of hydrogen-bond acceptors (Lipinski definition) is 7. The van der Waals surface area contributed by atoms with Gasteiger partial charge >= 0.3 is 6.09 Å². The number of rotatable bonds is 4. The van der Waals surface area contributed by atoms with E-state index in [1.54, 1.807) is 48.8 Å². The number of Topliss-reactive ketones (excluding diaryl/α,β-unsaturated/α-hetero) is 1. The van der Waals surface area contributed by atoms with Crippen molar-refractivity contribution in [3.8, 4) is 0 Å². The van der Waals surface area contributed by atoms with Crippen LogP contribution in [0.25, 0.3) is 0 Å². The van der Waals surface area contributed by atoms with Crippen molar-refractivity contribution in [2.24, 2.45) is 16.2 Å². The molecule has 11 heteroatoms. The van der Waals surface area contributed by atoms with Crippen LogP contribution in [0.3, 0.4) is 0 Å². The van der Waals surface area contributed by atoms with Crippen LogP contribution >= 0.6 is 0 Å². The molecule has 3 heterocycles. The highest BCUT2D eigenvalue weighted by molar-refractivity contribution is 7.90. The van der Waals surface area contributed by atoms with Crippen LogP contribution in [0.4, 0.5) is 10.5 Å². The predicted molar refractivity (Wildman–Crippen MR) is 134 cm³/mol. The Hall–Kier alpha value is -2.95. The first kappa shape index (κ1) is 26.1. The fourth-order valence-electron chi connectivity index (χ4n) is 4.99.